The van der Waals surface area contributed by atoms with Crippen molar-refractivity contribution in [3.63, 3.8) is 0 Å². The van der Waals surface area contributed by atoms with Crippen LogP contribution in [0, 0.1) is 13.8 Å². The number of aryl methyl sites for hydroxylation is 2. The molecule has 3 N–H and O–H groups in total. The van der Waals surface area contributed by atoms with Crippen molar-refractivity contribution < 1.29 is 33.8 Å². The molecule has 0 radical (unpaired) electrons. The number of methoxy groups -OCH3 is 1. The summed E-state index contributed by atoms with van der Waals surface area (Å²) in [6, 6.07) is 2.81. The molecule has 0 bridgehead atoms. The SMILES string of the molecule is C=CCN(C(=O)C(CO)NC(=O)OC(C)(C)C)C(C(=O)NCC(=O)OC)c1ccc(C)cc1C. The van der Waals surface area contributed by atoms with Gasteiger partial charge in [-0.1, -0.05) is 29.8 Å². The summed E-state index contributed by atoms with van der Waals surface area (Å²) in [7, 11) is 1.19. The van der Waals surface area contributed by atoms with Crippen molar-refractivity contribution in [3.8, 4) is 0 Å². The summed E-state index contributed by atoms with van der Waals surface area (Å²) in [4.78, 5) is 51.6. The number of ether oxygens (including phenoxy) is 2. The van der Waals surface area contributed by atoms with Gasteiger partial charge in [-0.25, -0.2) is 4.79 Å². The molecule has 1 aromatic rings. The number of nitrogens with one attached hydrogen (secondary N) is 2. The van der Waals surface area contributed by atoms with Gasteiger partial charge in [-0.05, 0) is 45.7 Å². The Kier molecular flexibility index (Phi) is 10.7. The molecule has 1 aromatic carbocycles. The standard InChI is InChI=1S/C24H35N3O7/c1-8-11-27(22(31)18(14-28)26-23(32)34-24(4,5)6)20(21(30)25-13-19(29)33-7)17-10-9-15(2)12-16(17)3/h8-10,12,18,20,28H,1,11,13-14H2,2-7H3,(H,25,30)(H,26,32). The zero-order valence-electron chi connectivity index (χ0n) is 20.6. The van der Waals surface area contributed by atoms with E-state index in [9.17, 15) is 24.3 Å². The third-order valence-electron chi connectivity index (χ3n) is 4.70. The van der Waals surface area contributed by atoms with E-state index in [1.807, 2.05) is 13.0 Å². The van der Waals surface area contributed by atoms with E-state index in [4.69, 9.17) is 4.74 Å². The Bertz CT molecular complexity index is 908. The molecule has 0 saturated heterocycles. The normalized spacial score (nSPS) is 12.7. The van der Waals surface area contributed by atoms with Crippen LogP contribution in [0.15, 0.2) is 30.9 Å². The zero-order chi connectivity index (χ0) is 26.1. The molecule has 0 heterocycles. The average Bonchev–Trinajstić information content (AvgIpc) is 2.74. The minimum Gasteiger partial charge on any atom is -0.468 e. The minimum absolute atomic E-state index is 0.0744. The molecule has 3 amide bonds. The van der Waals surface area contributed by atoms with Crippen LogP contribution in [0.1, 0.15) is 43.5 Å². The van der Waals surface area contributed by atoms with Crippen LogP contribution >= 0.6 is 0 Å². The number of esters is 1. The molecule has 2 unspecified atom stereocenters. The first-order chi connectivity index (χ1) is 15.8. The van der Waals surface area contributed by atoms with E-state index in [-0.39, 0.29) is 6.54 Å². The Balaban J connectivity index is 3.39. The van der Waals surface area contributed by atoms with Crippen LogP contribution in [-0.2, 0) is 23.9 Å². The van der Waals surface area contributed by atoms with Crippen LogP contribution in [-0.4, -0.2) is 72.3 Å². The van der Waals surface area contributed by atoms with Gasteiger partial charge in [-0.2, -0.15) is 0 Å². The van der Waals surface area contributed by atoms with Crippen LogP contribution < -0.4 is 10.6 Å². The molecule has 0 aliphatic heterocycles. The fraction of sp³-hybridized carbons (Fsp3) is 0.500. The molecule has 34 heavy (non-hydrogen) atoms. The van der Waals surface area contributed by atoms with E-state index < -0.39 is 54.7 Å². The molecule has 10 nitrogen and oxygen atoms in total. The number of amides is 3. The topological polar surface area (TPSA) is 134 Å². The highest BCUT2D eigenvalue weighted by Crippen LogP contribution is 2.26. The fourth-order valence-electron chi connectivity index (χ4n) is 3.21. The maximum atomic E-state index is 13.4. The number of nitrogens with zero attached hydrogens (tertiary/aromatic N) is 1. The smallest absolute Gasteiger partial charge is 0.408 e. The summed E-state index contributed by atoms with van der Waals surface area (Å²) >= 11 is 0. The highest BCUT2D eigenvalue weighted by Gasteiger charge is 2.36. The second kappa shape index (κ2) is 12.7. The number of hydrogen-bond donors (Lipinski definition) is 3. The van der Waals surface area contributed by atoms with Crippen LogP contribution in [0.25, 0.3) is 0 Å². The highest BCUT2D eigenvalue weighted by atomic mass is 16.6. The predicted octanol–water partition coefficient (Wildman–Crippen LogP) is 1.53. The van der Waals surface area contributed by atoms with E-state index >= 15 is 0 Å². The lowest BCUT2D eigenvalue weighted by molar-refractivity contribution is -0.144. The molecule has 0 aliphatic rings. The van der Waals surface area contributed by atoms with Crippen molar-refractivity contribution in [2.24, 2.45) is 0 Å². The number of aliphatic hydroxyl groups is 1. The van der Waals surface area contributed by atoms with Crippen molar-refractivity contribution in [2.75, 3.05) is 26.8 Å². The Morgan fingerprint density at radius 1 is 1.21 bits per heavy atom. The monoisotopic (exact) mass is 477 g/mol. The second-order valence-corrected chi connectivity index (χ2v) is 8.72. The fourth-order valence-corrected chi connectivity index (χ4v) is 3.21. The third-order valence-corrected chi connectivity index (χ3v) is 4.70. The number of hydrogen-bond acceptors (Lipinski definition) is 7. The number of carbonyl (C=O) groups is 4. The van der Waals surface area contributed by atoms with Gasteiger partial charge >= 0.3 is 12.1 Å². The van der Waals surface area contributed by atoms with Crippen LogP contribution in [0.2, 0.25) is 0 Å². The molecule has 2 atom stereocenters. The van der Waals surface area contributed by atoms with Gasteiger partial charge in [0.05, 0.1) is 13.7 Å². The summed E-state index contributed by atoms with van der Waals surface area (Å²) < 4.78 is 9.75. The van der Waals surface area contributed by atoms with Crippen molar-refractivity contribution in [3.05, 3.63) is 47.5 Å². The van der Waals surface area contributed by atoms with Crippen molar-refractivity contribution in [2.45, 2.75) is 52.3 Å². The van der Waals surface area contributed by atoms with Gasteiger partial charge in [0.15, 0.2) is 0 Å². The summed E-state index contributed by atoms with van der Waals surface area (Å²) in [5, 5.41) is 14.7. The van der Waals surface area contributed by atoms with Crippen LogP contribution in [0.4, 0.5) is 4.79 Å². The number of rotatable bonds is 10. The van der Waals surface area contributed by atoms with E-state index in [2.05, 4.69) is 21.9 Å². The van der Waals surface area contributed by atoms with Gasteiger partial charge in [0, 0.05) is 6.54 Å². The summed E-state index contributed by atoms with van der Waals surface area (Å²) in [5.41, 5.74) is 1.39. The van der Waals surface area contributed by atoms with Crippen molar-refractivity contribution in [1.82, 2.24) is 15.5 Å². The Morgan fingerprint density at radius 2 is 1.85 bits per heavy atom. The van der Waals surface area contributed by atoms with Gasteiger partial charge in [0.1, 0.15) is 24.2 Å². The molecular weight excluding hydrogens is 442 g/mol. The maximum absolute atomic E-state index is 13.4. The first-order valence-electron chi connectivity index (χ1n) is 10.8. The number of alkyl carbamates (subject to hydrolysis) is 1. The molecule has 10 heteroatoms. The van der Waals surface area contributed by atoms with E-state index in [0.29, 0.717) is 5.56 Å². The van der Waals surface area contributed by atoms with E-state index in [1.54, 1.807) is 39.8 Å². The third kappa shape index (κ3) is 8.51. The summed E-state index contributed by atoms with van der Waals surface area (Å²) in [6.45, 7) is 11.1. The lowest BCUT2D eigenvalue weighted by atomic mass is 9.96. The molecule has 0 saturated carbocycles. The summed E-state index contributed by atoms with van der Waals surface area (Å²) in [6.07, 6.45) is 0.529. The lowest BCUT2D eigenvalue weighted by Gasteiger charge is -2.34. The molecule has 0 aliphatic carbocycles. The highest BCUT2D eigenvalue weighted by molar-refractivity contribution is 5.93. The largest absolute Gasteiger partial charge is 0.468 e. The van der Waals surface area contributed by atoms with E-state index in [0.717, 1.165) is 11.1 Å². The van der Waals surface area contributed by atoms with Gasteiger partial charge in [-0.3, -0.25) is 14.4 Å². The van der Waals surface area contributed by atoms with Gasteiger partial charge in [-0.15, -0.1) is 6.58 Å². The first kappa shape index (κ1) is 28.6. The lowest BCUT2D eigenvalue weighted by Crippen LogP contribution is -2.54. The zero-order valence-corrected chi connectivity index (χ0v) is 20.6. The molecule has 0 fully saturated rings. The molecule has 0 aromatic heterocycles. The molecule has 0 spiro atoms. The Hall–Kier alpha value is -3.40. The first-order valence-corrected chi connectivity index (χ1v) is 10.8. The molecule has 188 valence electrons. The second-order valence-electron chi connectivity index (χ2n) is 8.72. The Morgan fingerprint density at radius 3 is 2.35 bits per heavy atom. The quantitative estimate of drug-likeness (QED) is 0.344. The van der Waals surface area contributed by atoms with Crippen molar-refractivity contribution >= 4 is 23.9 Å². The number of benzene rings is 1. The molecular formula is C24H35N3O7. The average molecular weight is 478 g/mol. The van der Waals surface area contributed by atoms with Crippen LogP contribution in [0.5, 0.6) is 0 Å². The molecule has 1 rings (SSSR count). The summed E-state index contributed by atoms with van der Waals surface area (Å²) in [5.74, 6) is -2.03. The van der Waals surface area contributed by atoms with Crippen molar-refractivity contribution in [1.29, 1.82) is 0 Å². The number of aliphatic hydroxyl groups excluding tert-OH is 1. The van der Waals surface area contributed by atoms with Gasteiger partial charge in [0.25, 0.3) is 0 Å². The maximum Gasteiger partial charge on any atom is 0.408 e. The van der Waals surface area contributed by atoms with E-state index in [1.165, 1.54) is 18.1 Å². The van der Waals surface area contributed by atoms with Crippen LogP contribution in [0.3, 0.4) is 0 Å². The Labute approximate surface area is 200 Å². The minimum atomic E-state index is -1.38. The van der Waals surface area contributed by atoms with Gasteiger partial charge < -0.3 is 30.1 Å². The number of carbonyl (C=O) groups excluding carboxylic acids is 4. The van der Waals surface area contributed by atoms with Gasteiger partial charge in [0.2, 0.25) is 11.8 Å². The predicted molar refractivity (Wildman–Crippen MR) is 126 cm³/mol.